The fraction of sp³-hybridized carbons (Fsp3) is 0.500. The maximum atomic E-state index is 9.78. The van der Waals surface area contributed by atoms with Crippen molar-refractivity contribution >= 4 is 0 Å². The van der Waals surface area contributed by atoms with E-state index in [4.69, 9.17) is 0 Å². The third kappa shape index (κ3) is 9.01. The average molecular weight is 110 g/mol. The molecule has 0 fully saturated rings. The molecule has 0 saturated heterocycles. The molecule has 0 heterocycles. The number of hydrogen-bond donors (Lipinski definition) is 0. The molecule has 0 aliphatic rings. The van der Waals surface area contributed by atoms with Crippen LogP contribution in [0.2, 0.25) is 0 Å². The Bertz CT molecular complexity index is 34.5. The summed E-state index contributed by atoms with van der Waals surface area (Å²) < 4.78 is 0. The molecule has 1 unspecified atom stereocenters. The Morgan fingerprint density at radius 2 is 2.00 bits per heavy atom. The largest absolute Gasteiger partial charge is 1.00 e. The monoisotopic (exact) mass is 110 g/mol. The first kappa shape index (κ1) is 10.3. The zero-order chi connectivity index (χ0) is 4.28. The fourth-order valence-electron chi connectivity index (χ4n) is 0. The Kier molecular flexibility index (Phi) is 10.9. The van der Waals surface area contributed by atoms with Gasteiger partial charge < -0.3 is 5.11 Å². The standard InChI is InChI=1S/C4H7O.K/c1-3-4(2)5;/h3-4H,1H2,2H3;/q-1;+1. The zero-order valence-corrected chi connectivity index (χ0v) is 7.39. The van der Waals surface area contributed by atoms with E-state index in [-0.39, 0.29) is 51.4 Å². The van der Waals surface area contributed by atoms with Gasteiger partial charge in [0.15, 0.2) is 0 Å². The van der Waals surface area contributed by atoms with Crippen molar-refractivity contribution in [3.63, 3.8) is 0 Å². The Labute approximate surface area is 80.9 Å². The molecule has 0 spiro atoms. The molecule has 0 aromatic rings. The SMILES string of the molecule is C=CC(C)[O-].[K+]. The molecule has 0 aromatic carbocycles. The van der Waals surface area contributed by atoms with Crippen molar-refractivity contribution in [1.82, 2.24) is 0 Å². The van der Waals surface area contributed by atoms with Gasteiger partial charge in [-0.2, -0.15) is 0 Å². The van der Waals surface area contributed by atoms with Crippen molar-refractivity contribution < 1.29 is 56.5 Å². The minimum absolute atomic E-state index is 0. The summed E-state index contributed by atoms with van der Waals surface area (Å²) in [5.41, 5.74) is 0. The maximum Gasteiger partial charge on any atom is 1.00 e. The third-order valence-corrected chi connectivity index (χ3v) is 0.332. The van der Waals surface area contributed by atoms with E-state index in [0.29, 0.717) is 0 Å². The molecule has 0 amide bonds. The maximum absolute atomic E-state index is 9.78. The van der Waals surface area contributed by atoms with Gasteiger partial charge in [0.25, 0.3) is 0 Å². The van der Waals surface area contributed by atoms with Crippen molar-refractivity contribution in [3.05, 3.63) is 12.7 Å². The first-order valence-corrected chi connectivity index (χ1v) is 1.55. The van der Waals surface area contributed by atoms with Gasteiger partial charge in [-0.05, 0) is 0 Å². The number of rotatable bonds is 1. The second-order valence-electron chi connectivity index (χ2n) is 0.941. The van der Waals surface area contributed by atoms with Crippen molar-refractivity contribution in [2.24, 2.45) is 0 Å². The van der Waals surface area contributed by atoms with Gasteiger partial charge >= 0.3 is 51.4 Å². The average Bonchev–Trinajstić information content (AvgIpc) is 1.38. The van der Waals surface area contributed by atoms with E-state index in [0.717, 1.165) is 0 Å². The molecule has 0 N–H and O–H groups in total. The van der Waals surface area contributed by atoms with Crippen molar-refractivity contribution in [2.75, 3.05) is 0 Å². The molecule has 2 heteroatoms. The van der Waals surface area contributed by atoms with Crippen LogP contribution < -0.4 is 56.5 Å². The molecule has 0 radical (unpaired) electrons. The Morgan fingerprint density at radius 3 is 2.00 bits per heavy atom. The number of hydrogen-bond acceptors (Lipinski definition) is 1. The summed E-state index contributed by atoms with van der Waals surface area (Å²) in [6.45, 7) is 4.80. The van der Waals surface area contributed by atoms with E-state index in [9.17, 15) is 5.11 Å². The van der Waals surface area contributed by atoms with Gasteiger partial charge in [-0.3, -0.25) is 0 Å². The van der Waals surface area contributed by atoms with E-state index >= 15 is 0 Å². The van der Waals surface area contributed by atoms with Crippen molar-refractivity contribution in [1.29, 1.82) is 0 Å². The summed E-state index contributed by atoms with van der Waals surface area (Å²) in [7, 11) is 0. The molecule has 0 bridgehead atoms. The van der Waals surface area contributed by atoms with Crippen LogP contribution in [0.15, 0.2) is 12.7 Å². The third-order valence-electron chi connectivity index (χ3n) is 0.332. The quantitative estimate of drug-likeness (QED) is 0.259. The van der Waals surface area contributed by atoms with E-state index in [1.54, 1.807) is 6.92 Å². The van der Waals surface area contributed by atoms with Crippen LogP contribution in [-0.2, 0) is 0 Å². The minimum atomic E-state index is -0.602. The summed E-state index contributed by atoms with van der Waals surface area (Å²) in [6, 6.07) is 0. The van der Waals surface area contributed by atoms with E-state index in [1.165, 1.54) is 6.08 Å². The molecule has 1 atom stereocenters. The van der Waals surface area contributed by atoms with Crippen LogP contribution in [0, 0.1) is 0 Å². The predicted molar refractivity (Wildman–Crippen MR) is 19.7 cm³/mol. The van der Waals surface area contributed by atoms with Crippen LogP contribution in [0.25, 0.3) is 0 Å². The van der Waals surface area contributed by atoms with Gasteiger partial charge in [-0.1, -0.05) is 6.92 Å². The zero-order valence-electron chi connectivity index (χ0n) is 4.27. The first-order valence-electron chi connectivity index (χ1n) is 1.55. The summed E-state index contributed by atoms with van der Waals surface area (Å²) in [4.78, 5) is 0. The topological polar surface area (TPSA) is 23.1 Å². The molecule has 0 rings (SSSR count). The van der Waals surface area contributed by atoms with Crippen LogP contribution >= 0.6 is 0 Å². The van der Waals surface area contributed by atoms with E-state index < -0.39 is 6.10 Å². The smallest absolute Gasteiger partial charge is 0.849 e. The predicted octanol–water partition coefficient (Wildman–Crippen LogP) is -3.07. The Hall–Kier alpha value is 1.34. The molecule has 1 nitrogen and oxygen atoms in total. The van der Waals surface area contributed by atoms with Crippen LogP contribution in [-0.4, -0.2) is 6.10 Å². The Balaban J connectivity index is 0. The molecule has 0 saturated carbocycles. The van der Waals surface area contributed by atoms with Crippen molar-refractivity contribution in [2.45, 2.75) is 13.0 Å². The Morgan fingerprint density at radius 1 is 1.83 bits per heavy atom. The van der Waals surface area contributed by atoms with Crippen LogP contribution in [0.5, 0.6) is 0 Å². The molecule has 30 valence electrons. The summed E-state index contributed by atoms with van der Waals surface area (Å²) >= 11 is 0. The van der Waals surface area contributed by atoms with Gasteiger partial charge in [0.2, 0.25) is 0 Å². The van der Waals surface area contributed by atoms with Crippen LogP contribution in [0.3, 0.4) is 0 Å². The van der Waals surface area contributed by atoms with Gasteiger partial charge in [-0.15, -0.1) is 18.8 Å². The van der Waals surface area contributed by atoms with E-state index in [2.05, 4.69) is 6.58 Å². The summed E-state index contributed by atoms with van der Waals surface area (Å²) in [5.74, 6) is 0. The van der Waals surface area contributed by atoms with Gasteiger partial charge in [-0.25, -0.2) is 0 Å². The van der Waals surface area contributed by atoms with E-state index in [1.807, 2.05) is 0 Å². The molecule has 0 aliphatic carbocycles. The molecular formula is C4H7KO. The minimum Gasteiger partial charge on any atom is -0.849 e. The second-order valence-corrected chi connectivity index (χ2v) is 0.941. The van der Waals surface area contributed by atoms with Crippen molar-refractivity contribution in [3.8, 4) is 0 Å². The van der Waals surface area contributed by atoms with Gasteiger partial charge in [0.1, 0.15) is 0 Å². The fourth-order valence-corrected chi connectivity index (χ4v) is 0. The van der Waals surface area contributed by atoms with Gasteiger partial charge in [0, 0.05) is 0 Å². The molecular weight excluding hydrogens is 103 g/mol. The first-order chi connectivity index (χ1) is 2.27. The normalized spacial score (nSPS) is 11.7. The summed E-state index contributed by atoms with van der Waals surface area (Å²) in [5, 5.41) is 9.78. The molecule has 6 heavy (non-hydrogen) atoms. The second kappa shape index (κ2) is 6.34. The molecule has 0 aromatic heterocycles. The van der Waals surface area contributed by atoms with Crippen LogP contribution in [0.1, 0.15) is 6.92 Å². The molecule has 0 aliphatic heterocycles. The van der Waals surface area contributed by atoms with Gasteiger partial charge in [0.05, 0.1) is 0 Å². The van der Waals surface area contributed by atoms with Crippen LogP contribution in [0.4, 0.5) is 0 Å². The summed E-state index contributed by atoms with van der Waals surface area (Å²) in [6.07, 6.45) is 0.759.